The van der Waals surface area contributed by atoms with Crippen molar-refractivity contribution in [3.8, 4) is 22.9 Å². The highest BCUT2D eigenvalue weighted by Crippen LogP contribution is 2.48. The van der Waals surface area contributed by atoms with Crippen molar-refractivity contribution < 1.29 is 28.8 Å². The van der Waals surface area contributed by atoms with Crippen molar-refractivity contribution >= 4 is 106 Å². The fourth-order valence-corrected chi connectivity index (χ4v) is 7.69. The van der Waals surface area contributed by atoms with E-state index >= 15 is 0 Å². The van der Waals surface area contributed by atoms with Crippen LogP contribution in [-0.2, 0) is 24.4 Å². The molecule has 0 unspecified atom stereocenters. The lowest BCUT2D eigenvalue weighted by Crippen LogP contribution is -2.21. The first-order valence-electron chi connectivity index (χ1n) is 8.06. The fraction of sp³-hybridized carbons (Fsp3) is 0. The summed E-state index contributed by atoms with van der Waals surface area (Å²) in [6, 6.07) is 6.74. The van der Waals surface area contributed by atoms with Crippen LogP contribution in [0.25, 0.3) is 33.2 Å². The molecule has 3 heterocycles. The van der Waals surface area contributed by atoms with E-state index < -0.39 is 20.8 Å². The smallest absolute Gasteiger partial charge is 0.358 e. The van der Waals surface area contributed by atoms with Gasteiger partial charge in [-0.3, -0.25) is 0 Å². The molecule has 1 aliphatic heterocycles. The standard InChI is InChI=1S/C16H6Br4N2O7S2/c17-5-1-7-11(9(19)3-5)21-13-14-16(8-2-6(18)4-10(20)12(8)22-14)28-31(25,26)29-30(23,24)27-15(7)13/h1-4,21-22H. The van der Waals surface area contributed by atoms with Gasteiger partial charge in [-0.15, -0.1) is 0 Å². The van der Waals surface area contributed by atoms with Crippen LogP contribution in [0.5, 0.6) is 11.5 Å². The summed E-state index contributed by atoms with van der Waals surface area (Å²) in [7, 11) is -10.1. The molecular weight excluding hydrogens is 716 g/mol. The zero-order chi connectivity index (χ0) is 22.3. The van der Waals surface area contributed by atoms with E-state index in [0.717, 1.165) is 0 Å². The lowest BCUT2D eigenvalue weighted by Gasteiger charge is -2.06. The third-order valence-electron chi connectivity index (χ3n) is 4.34. The van der Waals surface area contributed by atoms with Gasteiger partial charge in [0.05, 0.1) is 11.0 Å². The first kappa shape index (κ1) is 21.7. The number of hydrogen-bond acceptors (Lipinski definition) is 7. The third kappa shape index (κ3) is 3.73. The average Bonchev–Trinajstić information content (AvgIpc) is 3.13. The minimum absolute atomic E-state index is 0.146. The molecule has 0 saturated heterocycles. The second-order valence-corrected chi connectivity index (χ2v) is 12.4. The molecule has 0 bridgehead atoms. The van der Waals surface area contributed by atoms with E-state index in [1.165, 1.54) is 0 Å². The Hall–Kier alpha value is -1.10. The van der Waals surface area contributed by atoms with Gasteiger partial charge < -0.3 is 18.3 Å². The van der Waals surface area contributed by atoms with E-state index in [9.17, 15) is 16.8 Å². The van der Waals surface area contributed by atoms with Gasteiger partial charge in [0.15, 0.2) is 11.5 Å². The first-order chi connectivity index (χ1) is 14.4. The minimum atomic E-state index is -5.04. The van der Waals surface area contributed by atoms with Gasteiger partial charge in [0.1, 0.15) is 11.4 Å². The van der Waals surface area contributed by atoms with Crippen molar-refractivity contribution in [2.24, 2.45) is 0 Å². The molecule has 9 nitrogen and oxygen atoms in total. The van der Waals surface area contributed by atoms with Crippen LogP contribution in [0, 0.1) is 0 Å². The van der Waals surface area contributed by atoms with E-state index in [1.54, 1.807) is 24.3 Å². The number of rotatable bonds is 0. The lowest BCUT2D eigenvalue weighted by atomic mass is 10.2. The first-order valence-corrected chi connectivity index (χ1v) is 13.9. The summed E-state index contributed by atoms with van der Waals surface area (Å²) in [6.45, 7) is 0. The van der Waals surface area contributed by atoms with Crippen LogP contribution < -0.4 is 8.37 Å². The van der Waals surface area contributed by atoms with E-state index in [0.29, 0.717) is 39.7 Å². The lowest BCUT2D eigenvalue weighted by molar-refractivity contribution is 0.355. The van der Waals surface area contributed by atoms with Gasteiger partial charge in [-0.2, -0.15) is 16.8 Å². The van der Waals surface area contributed by atoms with Crippen LogP contribution in [-0.4, -0.2) is 26.8 Å². The van der Waals surface area contributed by atoms with E-state index in [4.69, 9.17) is 8.37 Å². The van der Waals surface area contributed by atoms with Crippen molar-refractivity contribution in [3.63, 3.8) is 0 Å². The molecule has 15 heteroatoms. The van der Waals surface area contributed by atoms with Crippen LogP contribution in [0.2, 0.25) is 0 Å². The largest absolute Gasteiger partial charge is 0.466 e. The second-order valence-electron chi connectivity index (χ2n) is 6.33. The quantitative estimate of drug-likeness (QED) is 0.241. The maximum absolute atomic E-state index is 12.3. The Morgan fingerprint density at radius 3 is 1.42 bits per heavy atom. The Morgan fingerprint density at radius 2 is 1.03 bits per heavy atom. The molecule has 5 rings (SSSR count). The average molecular weight is 722 g/mol. The van der Waals surface area contributed by atoms with Crippen LogP contribution >= 0.6 is 63.7 Å². The zero-order valence-electron chi connectivity index (χ0n) is 14.5. The summed E-state index contributed by atoms with van der Waals surface area (Å²) in [6.07, 6.45) is 0. The second kappa shape index (κ2) is 7.20. The molecular formula is C16H6Br4N2O7S2. The van der Waals surface area contributed by atoms with Crippen LogP contribution in [0.4, 0.5) is 0 Å². The number of nitrogens with one attached hydrogen (secondary N) is 2. The highest BCUT2D eigenvalue weighted by atomic mass is 79.9. The third-order valence-corrected chi connectivity index (χ3v) is 8.58. The summed E-state index contributed by atoms with van der Waals surface area (Å²) >= 11 is 13.5. The predicted octanol–water partition coefficient (Wildman–Crippen LogP) is 5.64. The number of aromatic amines is 2. The molecule has 0 saturated carbocycles. The fourth-order valence-electron chi connectivity index (χ4n) is 3.25. The normalized spacial score (nSPS) is 17.2. The summed E-state index contributed by atoms with van der Waals surface area (Å²) in [5, 5.41) is 0.708. The van der Waals surface area contributed by atoms with Gasteiger partial charge in [0, 0.05) is 28.7 Å². The Balaban J connectivity index is 1.97. The Morgan fingerprint density at radius 1 is 0.645 bits per heavy atom. The summed E-state index contributed by atoms with van der Waals surface area (Å²) in [5.74, 6) is -0.332. The predicted molar refractivity (Wildman–Crippen MR) is 127 cm³/mol. The Bertz CT molecular complexity index is 1520. The Labute approximate surface area is 208 Å². The number of H-pyrrole nitrogens is 2. The molecule has 162 valence electrons. The van der Waals surface area contributed by atoms with E-state index in [-0.39, 0.29) is 22.9 Å². The van der Waals surface area contributed by atoms with Crippen molar-refractivity contribution in [1.82, 2.24) is 9.97 Å². The number of hydrogen-bond donors (Lipinski definition) is 2. The summed E-state index contributed by atoms with van der Waals surface area (Å²) in [5.41, 5.74) is 1.31. The molecule has 31 heavy (non-hydrogen) atoms. The molecule has 2 aromatic carbocycles. The Kier molecular flexibility index (Phi) is 5.05. The molecule has 4 aromatic rings. The van der Waals surface area contributed by atoms with Crippen molar-refractivity contribution in [1.29, 1.82) is 0 Å². The summed E-state index contributed by atoms with van der Waals surface area (Å²) < 4.78 is 66.3. The highest BCUT2D eigenvalue weighted by Gasteiger charge is 2.36. The number of halogens is 4. The van der Waals surface area contributed by atoms with Crippen LogP contribution in [0.15, 0.2) is 42.2 Å². The minimum Gasteiger partial charge on any atom is -0.358 e. The molecule has 0 aliphatic carbocycles. The maximum atomic E-state index is 12.3. The van der Waals surface area contributed by atoms with E-state index in [1.807, 2.05) is 0 Å². The summed E-state index contributed by atoms with van der Waals surface area (Å²) in [4.78, 5) is 6.16. The maximum Gasteiger partial charge on any atom is 0.466 e. The van der Waals surface area contributed by atoms with Gasteiger partial charge in [-0.1, -0.05) is 35.5 Å². The zero-order valence-corrected chi connectivity index (χ0v) is 22.5. The van der Waals surface area contributed by atoms with Crippen molar-refractivity contribution in [2.75, 3.05) is 0 Å². The molecule has 0 fully saturated rings. The number of aromatic nitrogens is 2. The molecule has 0 amide bonds. The van der Waals surface area contributed by atoms with Gasteiger partial charge in [0.25, 0.3) is 0 Å². The van der Waals surface area contributed by atoms with Gasteiger partial charge in [-0.05, 0) is 56.1 Å². The highest BCUT2D eigenvalue weighted by molar-refractivity contribution is 9.11. The number of fused-ring (bicyclic) bond motifs is 7. The molecule has 2 aromatic heterocycles. The van der Waals surface area contributed by atoms with Crippen molar-refractivity contribution in [2.45, 2.75) is 0 Å². The number of benzene rings is 2. The molecule has 2 N–H and O–H groups in total. The molecule has 0 radical (unpaired) electrons. The van der Waals surface area contributed by atoms with Gasteiger partial charge in [-0.25, -0.2) is 0 Å². The SMILES string of the molecule is O=S1(=O)Oc2c([nH]c3c(Br)cc(Br)cc23)-c2[nH]c3c(Br)cc(Br)cc3c2OS(=O)(=O)O1. The molecule has 1 aliphatic rings. The van der Waals surface area contributed by atoms with Crippen molar-refractivity contribution in [3.05, 3.63) is 42.2 Å². The van der Waals surface area contributed by atoms with Crippen LogP contribution in [0.1, 0.15) is 0 Å². The monoisotopic (exact) mass is 718 g/mol. The topological polar surface area (TPSA) is 128 Å². The van der Waals surface area contributed by atoms with Gasteiger partial charge >= 0.3 is 20.8 Å². The van der Waals surface area contributed by atoms with Crippen LogP contribution in [0.3, 0.4) is 0 Å². The molecule has 0 atom stereocenters. The van der Waals surface area contributed by atoms with E-state index in [2.05, 4.69) is 77.3 Å². The van der Waals surface area contributed by atoms with Gasteiger partial charge in [0.2, 0.25) is 0 Å². The molecule has 0 spiro atoms.